The molecule has 2 atom stereocenters. The van der Waals surface area contributed by atoms with Crippen LogP contribution < -0.4 is 16.1 Å². The van der Waals surface area contributed by atoms with Gasteiger partial charge in [-0.2, -0.15) is 0 Å². The Morgan fingerprint density at radius 2 is 1.86 bits per heavy atom. The Bertz CT molecular complexity index is 1210. The SMILES string of the molecule is C[C@@H]1[C@@H](N)CN1c1c(F)cc2c(=O)c(C(=O)O)cn(-c3ccc(F)cc3)c2c1F. The van der Waals surface area contributed by atoms with Crippen LogP contribution in [0.15, 0.2) is 41.3 Å². The first-order valence-electron chi connectivity index (χ1n) is 8.79. The number of rotatable bonds is 3. The fourth-order valence-electron chi connectivity index (χ4n) is 3.56. The number of halogens is 3. The molecule has 29 heavy (non-hydrogen) atoms. The Hall–Kier alpha value is -3.33. The van der Waals surface area contributed by atoms with E-state index in [9.17, 15) is 23.5 Å². The van der Waals surface area contributed by atoms with Crippen molar-refractivity contribution >= 4 is 22.6 Å². The zero-order valence-electron chi connectivity index (χ0n) is 15.2. The Balaban J connectivity index is 2.09. The average Bonchev–Trinajstić information content (AvgIpc) is 2.68. The molecule has 1 aliphatic heterocycles. The van der Waals surface area contributed by atoms with Crippen LogP contribution in [-0.2, 0) is 0 Å². The van der Waals surface area contributed by atoms with Gasteiger partial charge in [-0.05, 0) is 37.3 Å². The highest BCUT2D eigenvalue weighted by Gasteiger charge is 2.37. The van der Waals surface area contributed by atoms with E-state index in [2.05, 4.69) is 0 Å². The van der Waals surface area contributed by atoms with E-state index in [-0.39, 0.29) is 35.5 Å². The number of aromatic carboxylic acids is 1. The second-order valence-corrected chi connectivity index (χ2v) is 7.00. The maximum absolute atomic E-state index is 15.5. The summed E-state index contributed by atoms with van der Waals surface area (Å²) < 4.78 is 44.8. The molecule has 0 aliphatic carbocycles. The van der Waals surface area contributed by atoms with E-state index in [0.717, 1.165) is 29.0 Å². The van der Waals surface area contributed by atoms with Crippen molar-refractivity contribution in [1.82, 2.24) is 4.57 Å². The number of aromatic nitrogens is 1. The average molecular weight is 403 g/mol. The van der Waals surface area contributed by atoms with Gasteiger partial charge in [0.25, 0.3) is 0 Å². The van der Waals surface area contributed by atoms with Crippen molar-refractivity contribution in [3.63, 3.8) is 0 Å². The molecule has 2 aromatic carbocycles. The van der Waals surface area contributed by atoms with E-state index in [1.807, 2.05) is 0 Å². The third-order valence-electron chi connectivity index (χ3n) is 5.30. The summed E-state index contributed by atoms with van der Waals surface area (Å²) in [7, 11) is 0. The molecule has 6 nitrogen and oxygen atoms in total. The summed E-state index contributed by atoms with van der Waals surface area (Å²) >= 11 is 0. The molecule has 1 fully saturated rings. The topological polar surface area (TPSA) is 88.6 Å². The van der Waals surface area contributed by atoms with E-state index >= 15 is 4.39 Å². The highest BCUT2D eigenvalue weighted by molar-refractivity contribution is 5.94. The molecule has 0 amide bonds. The third kappa shape index (κ3) is 2.85. The Morgan fingerprint density at radius 3 is 2.41 bits per heavy atom. The second kappa shape index (κ2) is 6.63. The van der Waals surface area contributed by atoms with Crippen molar-refractivity contribution in [2.45, 2.75) is 19.0 Å². The van der Waals surface area contributed by atoms with Gasteiger partial charge < -0.3 is 20.3 Å². The number of fused-ring (bicyclic) bond motifs is 1. The molecule has 0 bridgehead atoms. The summed E-state index contributed by atoms with van der Waals surface area (Å²) in [6.45, 7) is 1.95. The summed E-state index contributed by atoms with van der Waals surface area (Å²) in [5, 5.41) is 8.92. The third-order valence-corrected chi connectivity index (χ3v) is 5.30. The summed E-state index contributed by atoms with van der Waals surface area (Å²) in [6.07, 6.45) is 0.955. The van der Waals surface area contributed by atoms with E-state index in [1.165, 1.54) is 17.0 Å². The molecule has 0 spiro atoms. The number of carboxylic acid groups (broad SMARTS) is 1. The summed E-state index contributed by atoms with van der Waals surface area (Å²) in [5.74, 6) is -4.09. The van der Waals surface area contributed by atoms with Crippen molar-refractivity contribution in [2.24, 2.45) is 5.73 Å². The first-order chi connectivity index (χ1) is 13.7. The van der Waals surface area contributed by atoms with Gasteiger partial charge in [0.05, 0.1) is 10.9 Å². The standard InChI is InChI=1S/C20H16F3N3O3/c1-9-15(24)8-25(9)18-14(22)6-12-17(16(18)23)26(7-13(19(12)27)20(28)29)11-4-2-10(21)3-5-11/h2-7,9,15H,8,24H2,1H3,(H,28,29)/t9-,15+/m1/s1. The number of nitrogens with two attached hydrogens (primary N) is 1. The molecule has 150 valence electrons. The van der Waals surface area contributed by atoms with Gasteiger partial charge in [0.1, 0.15) is 22.9 Å². The van der Waals surface area contributed by atoms with Crippen molar-refractivity contribution < 1.29 is 23.1 Å². The molecular weight excluding hydrogens is 387 g/mol. The Kier molecular flexibility index (Phi) is 4.34. The fourth-order valence-corrected chi connectivity index (χ4v) is 3.56. The smallest absolute Gasteiger partial charge is 0.341 e. The van der Waals surface area contributed by atoms with Crippen LogP contribution in [0.4, 0.5) is 18.9 Å². The number of hydrogen-bond donors (Lipinski definition) is 2. The van der Waals surface area contributed by atoms with Gasteiger partial charge in [-0.1, -0.05) is 0 Å². The van der Waals surface area contributed by atoms with E-state index in [0.29, 0.717) is 0 Å². The second-order valence-electron chi connectivity index (χ2n) is 7.00. The molecule has 3 N–H and O–H groups in total. The summed E-state index contributed by atoms with van der Waals surface area (Å²) in [4.78, 5) is 25.5. The lowest BCUT2D eigenvalue weighted by molar-refractivity contribution is 0.0695. The monoisotopic (exact) mass is 403 g/mol. The first-order valence-corrected chi connectivity index (χ1v) is 8.79. The molecule has 1 saturated heterocycles. The fraction of sp³-hybridized carbons (Fsp3) is 0.200. The summed E-state index contributed by atoms with van der Waals surface area (Å²) in [6, 6.07) is 5.08. The lowest BCUT2D eigenvalue weighted by Gasteiger charge is -2.46. The number of anilines is 1. The minimum atomic E-state index is -1.54. The number of benzene rings is 2. The van der Waals surface area contributed by atoms with Crippen LogP contribution in [0.3, 0.4) is 0 Å². The predicted molar refractivity (Wildman–Crippen MR) is 101 cm³/mol. The maximum atomic E-state index is 15.5. The minimum absolute atomic E-state index is 0.212. The molecular formula is C20H16F3N3O3. The van der Waals surface area contributed by atoms with Crippen LogP contribution in [0.5, 0.6) is 0 Å². The lowest BCUT2D eigenvalue weighted by Crippen LogP contribution is -2.63. The number of carboxylic acids is 1. The van der Waals surface area contributed by atoms with Gasteiger partial charge in [-0.3, -0.25) is 4.79 Å². The van der Waals surface area contributed by atoms with Crippen LogP contribution >= 0.6 is 0 Å². The van der Waals surface area contributed by atoms with Crippen LogP contribution in [0.2, 0.25) is 0 Å². The van der Waals surface area contributed by atoms with Gasteiger partial charge in [0, 0.05) is 30.5 Å². The number of pyridine rings is 1. The zero-order valence-corrected chi connectivity index (χ0v) is 15.2. The first kappa shape index (κ1) is 19.0. The van der Waals surface area contributed by atoms with Crippen molar-refractivity contribution in [3.8, 4) is 5.69 Å². The minimum Gasteiger partial charge on any atom is -0.477 e. The molecule has 9 heteroatoms. The van der Waals surface area contributed by atoms with Crippen LogP contribution in [-0.4, -0.2) is 34.3 Å². The van der Waals surface area contributed by atoms with Crippen molar-refractivity contribution in [2.75, 3.05) is 11.4 Å². The molecule has 3 aromatic rings. The normalized spacial score (nSPS) is 18.7. The molecule has 1 aliphatic rings. The highest BCUT2D eigenvalue weighted by atomic mass is 19.1. The molecule has 4 rings (SSSR count). The van der Waals surface area contributed by atoms with Gasteiger partial charge in [-0.15, -0.1) is 0 Å². The van der Waals surface area contributed by atoms with Gasteiger partial charge in [-0.25, -0.2) is 18.0 Å². The number of carbonyl (C=O) groups is 1. The van der Waals surface area contributed by atoms with E-state index in [1.54, 1.807) is 6.92 Å². The Labute approximate surface area is 162 Å². The number of hydrogen-bond acceptors (Lipinski definition) is 4. The van der Waals surface area contributed by atoms with E-state index in [4.69, 9.17) is 5.73 Å². The molecule has 0 saturated carbocycles. The molecule has 0 radical (unpaired) electrons. The molecule has 1 aromatic heterocycles. The van der Waals surface area contributed by atoms with Crippen LogP contribution in [0.1, 0.15) is 17.3 Å². The quantitative estimate of drug-likeness (QED) is 0.702. The van der Waals surface area contributed by atoms with Crippen LogP contribution in [0.25, 0.3) is 16.6 Å². The molecule has 0 unspecified atom stereocenters. The lowest BCUT2D eigenvalue weighted by atomic mass is 9.97. The van der Waals surface area contributed by atoms with Crippen LogP contribution in [0, 0.1) is 17.5 Å². The van der Waals surface area contributed by atoms with Crippen molar-refractivity contribution in [3.05, 3.63) is 69.8 Å². The van der Waals surface area contributed by atoms with Gasteiger partial charge >= 0.3 is 5.97 Å². The number of nitrogens with zero attached hydrogens (tertiary/aromatic N) is 2. The summed E-state index contributed by atoms with van der Waals surface area (Å²) in [5.41, 5.74) is 3.74. The predicted octanol–water partition coefficient (Wildman–Crippen LogP) is 2.64. The van der Waals surface area contributed by atoms with E-state index < -0.39 is 39.8 Å². The highest BCUT2D eigenvalue weighted by Crippen LogP contribution is 2.35. The maximum Gasteiger partial charge on any atom is 0.341 e. The zero-order chi connectivity index (χ0) is 21.0. The van der Waals surface area contributed by atoms with Crippen molar-refractivity contribution in [1.29, 1.82) is 0 Å². The largest absolute Gasteiger partial charge is 0.477 e. The van der Waals surface area contributed by atoms with Gasteiger partial charge in [0.2, 0.25) is 5.43 Å². The Morgan fingerprint density at radius 1 is 1.21 bits per heavy atom. The molecule has 2 heterocycles. The van der Waals surface area contributed by atoms with Gasteiger partial charge in [0.15, 0.2) is 5.82 Å².